The van der Waals surface area contributed by atoms with Gasteiger partial charge in [0.2, 0.25) is 5.89 Å². The summed E-state index contributed by atoms with van der Waals surface area (Å²) >= 11 is 0. The largest absolute Gasteiger partial charge is 0.357 e. The van der Waals surface area contributed by atoms with Gasteiger partial charge in [0, 0.05) is 26.1 Å². The standard InChI is InChI=1S/C14H27N5O/c1-4-6-7-10-16-14(15-5-2)17-11-8-9-13-18-12(3)19-20-13/h4-11H2,1-3H3,(H2,15,16,17). The summed E-state index contributed by atoms with van der Waals surface area (Å²) in [4.78, 5) is 8.71. The molecule has 0 amide bonds. The summed E-state index contributed by atoms with van der Waals surface area (Å²) in [5.41, 5.74) is 0. The number of rotatable bonds is 9. The molecule has 0 saturated heterocycles. The lowest BCUT2D eigenvalue weighted by Gasteiger charge is -2.10. The van der Waals surface area contributed by atoms with Gasteiger partial charge in [0.1, 0.15) is 0 Å². The summed E-state index contributed by atoms with van der Waals surface area (Å²) in [6.07, 6.45) is 5.36. The SMILES string of the molecule is CCCCCNC(=NCCCc1nc(C)no1)NCC. The minimum absolute atomic E-state index is 0.689. The van der Waals surface area contributed by atoms with Crippen molar-refractivity contribution >= 4 is 5.96 Å². The van der Waals surface area contributed by atoms with E-state index in [1.807, 2.05) is 6.92 Å². The molecule has 1 rings (SSSR count). The van der Waals surface area contributed by atoms with E-state index in [9.17, 15) is 0 Å². The van der Waals surface area contributed by atoms with Crippen molar-refractivity contribution in [3.8, 4) is 0 Å². The number of guanidine groups is 1. The van der Waals surface area contributed by atoms with Gasteiger partial charge in [0.25, 0.3) is 0 Å². The molecule has 0 aliphatic heterocycles. The number of aliphatic imine (C=N–C) groups is 1. The third kappa shape index (κ3) is 7.11. The van der Waals surface area contributed by atoms with Gasteiger partial charge in [0.15, 0.2) is 11.8 Å². The zero-order valence-electron chi connectivity index (χ0n) is 12.9. The average Bonchev–Trinajstić information content (AvgIpc) is 2.85. The summed E-state index contributed by atoms with van der Waals surface area (Å²) in [5, 5.41) is 10.4. The third-order valence-corrected chi connectivity index (χ3v) is 2.81. The maximum Gasteiger partial charge on any atom is 0.226 e. The average molecular weight is 281 g/mol. The van der Waals surface area contributed by atoms with Crippen molar-refractivity contribution < 1.29 is 4.52 Å². The Morgan fingerprint density at radius 2 is 2.05 bits per heavy atom. The van der Waals surface area contributed by atoms with Crippen LogP contribution in [-0.2, 0) is 6.42 Å². The van der Waals surface area contributed by atoms with Crippen LogP contribution in [0.3, 0.4) is 0 Å². The molecule has 0 aliphatic carbocycles. The maximum absolute atomic E-state index is 5.07. The van der Waals surface area contributed by atoms with Gasteiger partial charge in [-0.15, -0.1) is 0 Å². The Balaban J connectivity index is 2.23. The molecule has 1 aromatic rings. The van der Waals surface area contributed by atoms with E-state index in [4.69, 9.17) is 4.52 Å². The lowest BCUT2D eigenvalue weighted by Crippen LogP contribution is -2.37. The first kappa shape index (κ1) is 16.5. The summed E-state index contributed by atoms with van der Waals surface area (Å²) in [7, 11) is 0. The summed E-state index contributed by atoms with van der Waals surface area (Å²) in [5.74, 6) is 2.28. The zero-order chi connectivity index (χ0) is 14.6. The van der Waals surface area contributed by atoms with Crippen LogP contribution < -0.4 is 10.6 Å². The second-order valence-corrected chi connectivity index (χ2v) is 4.73. The lowest BCUT2D eigenvalue weighted by molar-refractivity contribution is 0.372. The molecule has 6 nitrogen and oxygen atoms in total. The Bertz CT molecular complexity index is 389. The smallest absolute Gasteiger partial charge is 0.226 e. The molecule has 0 atom stereocenters. The van der Waals surface area contributed by atoms with E-state index < -0.39 is 0 Å². The molecule has 6 heteroatoms. The fourth-order valence-electron chi connectivity index (χ4n) is 1.79. The van der Waals surface area contributed by atoms with E-state index in [2.05, 4.69) is 39.6 Å². The van der Waals surface area contributed by atoms with Crippen LogP contribution in [0.2, 0.25) is 0 Å². The Hall–Kier alpha value is -1.59. The minimum Gasteiger partial charge on any atom is -0.357 e. The Kier molecular flexibility index (Phi) is 8.42. The van der Waals surface area contributed by atoms with Crippen LogP contribution in [0.5, 0.6) is 0 Å². The fraction of sp³-hybridized carbons (Fsp3) is 0.786. The lowest BCUT2D eigenvalue weighted by atomic mass is 10.2. The highest BCUT2D eigenvalue weighted by molar-refractivity contribution is 5.79. The van der Waals surface area contributed by atoms with Gasteiger partial charge in [-0.3, -0.25) is 4.99 Å². The number of aryl methyl sites for hydroxylation is 2. The topological polar surface area (TPSA) is 75.3 Å². The van der Waals surface area contributed by atoms with Gasteiger partial charge in [-0.1, -0.05) is 24.9 Å². The second-order valence-electron chi connectivity index (χ2n) is 4.73. The number of aromatic nitrogens is 2. The van der Waals surface area contributed by atoms with Gasteiger partial charge in [-0.05, 0) is 26.7 Å². The van der Waals surface area contributed by atoms with Crippen molar-refractivity contribution in [3.63, 3.8) is 0 Å². The van der Waals surface area contributed by atoms with Crippen LogP contribution in [0, 0.1) is 6.92 Å². The molecule has 20 heavy (non-hydrogen) atoms. The highest BCUT2D eigenvalue weighted by Crippen LogP contribution is 2.00. The van der Waals surface area contributed by atoms with E-state index in [0.717, 1.165) is 38.4 Å². The van der Waals surface area contributed by atoms with Crippen molar-refractivity contribution in [1.29, 1.82) is 0 Å². The van der Waals surface area contributed by atoms with Gasteiger partial charge >= 0.3 is 0 Å². The fourth-order valence-corrected chi connectivity index (χ4v) is 1.79. The van der Waals surface area contributed by atoms with Gasteiger partial charge in [-0.25, -0.2) is 0 Å². The van der Waals surface area contributed by atoms with E-state index >= 15 is 0 Å². The molecular weight excluding hydrogens is 254 g/mol. The highest BCUT2D eigenvalue weighted by Gasteiger charge is 2.02. The predicted molar refractivity (Wildman–Crippen MR) is 80.9 cm³/mol. The van der Waals surface area contributed by atoms with Crippen LogP contribution in [0.1, 0.15) is 51.2 Å². The highest BCUT2D eigenvalue weighted by atomic mass is 16.5. The monoisotopic (exact) mass is 281 g/mol. The first-order valence-corrected chi connectivity index (χ1v) is 7.57. The van der Waals surface area contributed by atoms with E-state index in [1.165, 1.54) is 19.3 Å². The van der Waals surface area contributed by atoms with Crippen molar-refractivity contribution in [2.24, 2.45) is 4.99 Å². The summed E-state index contributed by atoms with van der Waals surface area (Å²) < 4.78 is 5.07. The first-order chi connectivity index (χ1) is 9.76. The van der Waals surface area contributed by atoms with Crippen LogP contribution >= 0.6 is 0 Å². The minimum atomic E-state index is 0.689. The normalized spacial score (nSPS) is 11.7. The van der Waals surface area contributed by atoms with Crippen molar-refractivity contribution in [1.82, 2.24) is 20.8 Å². The molecule has 0 spiro atoms. The Morgan fingerprint density at radius 3 is 2.70 bits per heavy atom. The maximum atomic E-state index is 5.07. The van der Waals surface area contributed by atoms with E-state index in [1.54, 1.807) is 0 Å². The van der Waals surface area contributed by atoms with Crippen LogP contribution in [0.15, 0.2) is 9.52 Å². The molecule has 0 saturated carbocycles. The third-order valence-electron chi connectivity index (χ3n) is 2.81. The number of nitrogens with one attached hydrogen (secondary N) is 2. The van der Waals surface area contributed by atoms with E-state index in [0.29, 0.717) is 11.7 Å². The zero-order valence-corrected chi connectivity index (χ0v) is 12.9. The van der Waals surface area contributed by atoms with Crippen LogP contribution in [-0.4, -0.2) is 35.7 Å². The van der Waals surface area contributed by atoms with Crippen molar-refractivity contribution in [2.45, 2.75) is 52.9 Å². The number of hydrogen-bond donors (Lipinski definition) is 2. The number of hydrogen-bond acceptors (Lipinski definition) is 4. The molecule has 114 valence electrons. The van der Waals surface area contributed by atoms with Gasteiger partial charge in [0.05, 0.1) is 0 Å². The van der Waals surface area contributed by atoms with Gasteiger partial charge in [-0.2, -0.15) is 4.98 Å². The Labute approximate surface area is 121 Å². The molecule has 1 heterocycles. The molecule has 2 N–H and O–H groups in total. The van der Waals surface area contributed by atoms with E-state index in [-0.39, 0.29) is 0 Å². The van der Waals surface area contributed by atoms with Crippen molar-refractivity contribution in [3.05, 3.63) is 11.7 Å². The molecule has 0 aliphatic rings. The predicted octanol–water partition coefficient (Wildman–Crippen LogP) is 2.06. The summed E-state index contributed by atoms with van der Waals surface area (Å²) in [6, 6.07) is 0. The van der Waals surface area contributed by atoms with Gasteiger partial charge < -0.3 is 15.2 Å². The molecule has 0 aromatic carbocycles. The van der Waals surface area contributed by atoms with Crippen LogP contribution in [0.4, 0.5) is 0 Å². The molecular formula is C14H27N5O. The quantitative estimate of drug-likeness (QED) is 0.412. The summed E-state index contributed by atoms with van der Waals surface area (Å²) in [6.45, 7) is 8.72. The number of unbranched alkanes of at least 4 members (excludes halogenated alkanes) is 2. The Morgan fingerprint density at radius 1 is 1.20 bits per heavy atom. The first-order valence-electron chi connectivity index (χ1n) is 7.57. The molecule has 1 aromatic heterocycles. The van der Waals surface area contributed by atoms with Crippen LogP contribution in [0.25, 0.3) is 0 Å². The number of nitrogens with zero attached hydrogens (tertiary/aromatic N) is 3. The molecule has 0 unspecified atom stereocenters. The molecule has 0 fully saturated rings. The second kappa shape index (κ2) is 10.2. The van der Waals surface area contributed by atoms with Crippen molar-refractivity contribution in [2.75, 3.05) is 19.6 Å². The molecule has 0 bridgehead atoms. The molecule has 0 radical (unpaired) electrons.